The Morgan fingerprint density at radius 2 is 2.29 bits per heavy atom. The van der Waals surface area contributed by atoms with E-state index in [2.05, 4.69) is 35.0 Å². The molecule has 130 valence electrons. The number of amides is 1. The van der Waals surface area contributed by atoms with Gasteiger partial charge in [0.25, 0.3) is 0 Å². The fourth-order valence-electron chi connectivity index (χ4n) is 3.11. The van der Waals surface area contributed by atoms with Crippen LogP contribution in [-0.2, 0) is 10.2 Å². The van der Waals surface area contributed by atoms with E-state index in [0.717, 1.165) is 43.3 Å². The molecule has 2 aliphatic rings. The highest BCUT2D eigenvalue weighted by molar-refractivity contribution is 6.30. The summed E-state index contributed by atoms with van der Waals surface area (Å²) in [5.41, 5.74) is 1.41. The quantitative estimate of drug-likeness (QED) is 0.564. The zero-order valence-electron chi connectivity index (χ0n) is 14.1. The third-order valence-electron chi connectivity index (χ3n) is 4.78. The van der Waals surface area contributed by atoms with Gasteiger partial charge < -0.3 is 16.0 Å². The van der Waals surface area contributed by atoms with Gasteiger partial charge in [0.05, 0.1) is 6.54 Å². The number of halogens is 1. The van der Waals surface area contributed by atoms with Crippen LogP contribution >= 0.6 is 11.6 Å². The monoisotopic (exact) mass is 348 g/mol. The van der Waals surface area contributed by atoms with Crippen molar-refractivity contribution < 1.29 is 4.79 Å². The van der Waals surface area contributed by atoms with Gasteiger partial charge in [0, 0.05) is 36.0 Å². The van der Waals surface area contributed by atoms with Crippen molar-refractivity contribution in [1.82, 2.24) is 16.0 Å². The first kappa shape index (κ1) is 17.1. The fraction of sp³-hybridized carbons (Fsp3) is 0.556. The highest BCUT2D eigenvalue weighted by atomic mass is 35.5. The van der Waals surface area contributed by atoms with Crippen LogP contribution in [0.15, 0.2) is 29.3 Å². The largest absolute Gasteiger partial charge is 0.357 e. The van der Waals surface area contributed by atoms with Crippen LogP contribution in [0.2, 0.25) is 5.02 Å². The van der Waals surface area contributed by atoms with Gasteiger partial charge in [0.2, 0.25) is 5.91 Å². The maximum Gasteiger partial charge on any atom is 0.220 e. The minimum atomic E-state index is 0.132. The molecule has 0 aromatic heterocycles. The normalized spacial score (nSPS) is 22.7. The molecule has 1 unspecified atom stereocenters. The number of benzene rings is 1. The highest BCUT2D eigenvalue weighted by Gasteiger charge is 2.44. The molecule has 1 saturated heterocycles. The van der Waals surface area contributed by atoms with Crippen LogP contribution in [0.1, 0.15) is 38.2 Å². The Morgan fingerprint density at radius 1 is 1.46 bits per heavy atom. The smallest absolute Gasteiger partial charge is 0.220 e. The molecule has 1 aromatic rings. The van der Waals surface area contributed by atoms with Crippen molar-refractivity contribution in [2.45, 2.75) is 44.1 Å². The summed E-state index contributed by atoms with van der Waals surface area (Å²) in [5, 5.41) is 10.4. The molecule has 1 aliphatic heterocycles. The van der Waals surface area contributed by atoms with E-state index in [1.165, 1.54) is 5.56 Å². The number of hydrogen-bond donors (Lipinski definition) is 3. The lowest BCUT2D eigenvalue weighted by molar-refractivity contribution is -0.122. The van der Waals surface area contributed by atoms with E-state index < -0.39 is 0 Å². The second kappa shape index (κ2) is 7.43. The standard InChI is InChI=1S/C18H25ClN4O/c1-2-20-17(23-15-6-7-16(24)21-11-15)22-12-18(8-9-18)13-4-3-5-14(19)10-13/h3-5,10,15H,2,6-9,11-12H2,1H3,(H,21,24)(H2,20,22,23). The fourth-order valence-corrected chi connectivity index (χ4v) is 3.30. The van der Waals surface area contributed by atoms with Gasteiger partial charge in [-0.1, -0.05) is 23.7 Å². The van der Waals surface area contributed by atoms with Crippen LogP contribution < -0.4 is 16.0 Å². The van der Waals surface area contributed by atoms with Crippen molar-refractivity contribution in [3.05, 3.63) is 34.9 Å². The molecule has 1 saturated carbocycles. The molecule has 1 atom stereocenters. The Labute approximate surface area is 148 Å². The van der Waals surface area contributed by atoms with Crippen LogP contribution in [0.4, 0.5) is 0 Å². The Kier molecular flexibility index (Phi) is 5.29. The van der Waals surface area contributed by atoms with Crippen LogP contribution in [0.25, 0.3) is 0 Å². The number of nitrogens with one attached hydrogen (secondary N) is 3. The second-order valence-electron chi connectivity index (χ2n) is 6.67. The third-order valence-corrected chi connectivity index (χ3v) is 5.02. The second-order valence-corrected chi connectivity index (χ2v) is 7.11. The first-order chi connectivity index (χ1) is 11.6. The van der Waals surface area contributed by atoms with Crippen molar-refractivity contribution in [1.29, 1.82) is 0 Å². The lowest BCUT2D eigenvalue weighted by Gasteiger charge is -2.25. The number of hydrogen-bond acceptors (Lipinski definition) is 2. The molecule has 0 bridgehead atoms. The van der Waals surface area contributed by atoms with E-state index in [4.69, 9.17) is 16.6 Å². The molecular formula is C18H25ClN4O. The summed E-state index contributed by atoms with van der Waals surface area (Å²) in [6, 6.07) is 8.36. The predicted octanol–water partition coefficient (Wildman–Crippen LogP) is 2.21. The van der Waals surface area contributed by atoms with Crippen LogP contribution in [0.5, 0.6) is 0 Å². The molecule has 0 spiro atoms. The molecule has 6 heteroatoms. The van der Waals surface area contributed by atoms with Gasteiger partial charge in [0.1, 0.15) is 0 Å². The molecule has 3 rings (SSSR count). The average Bonchev–Trinajstić information content (AvgIpc) is 3.36. The number of guanidine groups is 1. The summed E-state index contributed by atoms with van der Waals surface area (Å²) >= 11 is 6.14. The molecule has 24 heavy (non-hydrogen) atoms. The Bertz CT molecular complexity index is 617. The van der Waals surface area contributed by atoms with Gasteiger partial charge in [0.15, 0.2) is 5.96 Å². The predicted molar refractivity (Wildman–Crippen MR) is 97.5 cm³/mol. The molecule has 1 aliphatic carbocycles. The Hall–Kier alpha value is -1.75. The molecule has 3 N–H and O–H groups in total. The summed E-state index contributed by atoms with van der Waals surface area (Å²) in [4.78, 5) is 16.1. The van der Waals surface area contributed by atoms with Crippen LogP contribution in [0, 0.1) is 0 Å². The summed E-state index contributed by atoms with van der Waals surface area (Å²) in [7, 11) is 0. The zero-order chi connectivity index (χ0) is 17.0. The van der Waals surface area contributed by atoms with Gasteiger partial charge >= 0.3 is 0 Å². The molecule has 1 heterocycles. The van der Waals surface area contributed by atoms with E-state index in [-0.39, 0.29) is 17.4 Å². The molecule has 0 radical (unpaired) electrons. The summed E-state index contributed by atoms with van der Waals surface area (Å²) < 4.78 is 0. The van der Waals surface area contributed by atoms with Gasteiger partial charge in [-0.05, 0) is 43.9 Å². The molecule has 1 amide bonds. The van der Waals surface area contributed by atoms with E-state index in [0.29, 0.717) is 13.0 Å². The Balaban J connectivity index is 1.64. The lowest BCUT2D eigenvalue weighted by Crippen LogP contribution is -2.51. The van der Waals surface area contributed by atoms with Gasteiger partial charge in [-0.2, -0.15) is 0 Å². The summed E-state index contributed by atoms with van der Waals surface area (Å²) in [6.45, 7) is 4.28. The number of nitrogens with zero attached hydrogens (tertiary/aromatic N) is 1. The van der Waals surface area contributed by atoms with Gasteiger partial charge in [-0.25, -0.2) is 0 Å². The van der Waals surface area contributed by atoms with E-state index in [9.17, 15) is 4.79 Å². The van der Waals surface area contributed by atoms with Gasteiger partial charge in [-0.15, -0.1) is 0 Å². The third kappa shape index (κ3) is 4.20. The first-order valence-electron chi connectivity index (χ1n) is 8.69. The van der Waals surface area contributed by atoms with E-state index in [1.54, 1.807) is 0 Å². The SMILES string of the molecule is CCNC(=NCC1(c2cccc(Cl)c2)CC1)NC1CCC(=O)NC1. The molecular weight excluding hydrogens is 324 g/mol. The van der Waals surface area contributed by atoms with E-state index >= 15 is 0 Å². The van der Waals surface area contributed by atoms with Crippen molar-refractivity contribution >= 4 is 23.5 Å². The van der Waals surface area contributed by atoms with Crippen molar-refractivity contribution in [2.24, 2.45) is 4.99 Å². The van der Waals surface area contributed by atoms with Crippen LogP contribution in [0.3, 0.4) is 0 Å². The number of piperidine rings is 1. The van der Waals surface area contributed by atoms with Crippen LogP contribution in [-0.4, -0.2) is 37.5 Å². The van der Waals surface area contributed by atoms with Crippen molar-refractivity contribution in [3.63, 3.8) is 0 Å². The molecule has 2 fully saturated rings. The minimum Gasteiger partial charge on any atom is -0.357 e. The van der Waals surface area contributed by atoms with E-state index in [1.807, 2.05) is 12.1 Å². The van der Waals surface area contributed by atoms with Crippen molar-refractivity contribution in [3.8, 4) is 0 Å². The highest BCUT2D eigenvalue weighted by Crippen LogP contribution is 2.48. The lowest BCUT2D eigenvalue weighted by atomic mass is 9.96. The number of carbonyl (C=O) groups is 1. The maximum atomic E-state index is 11.3. The van der Waals surface area contributed by atoms with Crippen molar-refractivity contribution in [2.75, 3.05) is 19.6 Å². The zero-order valence-corrected chi connectivity index (χ0v) is 14.8. The Morgan fingerprint density at radius 3 is 2.92 bits per heavy atom. The summed E-state index contributed by atoms with van der Waals surface area (Å²) in [6.07, 6.45) is 3.71. The molecule has 5 nitrogen and oxygen atoms in total. The first-order valence-corrected chi connectivity index (χ1v) is 9.07. The number of carbonyl (C=O) groups excluding carboxylic acids is 1. The number of aliphatic imine (C=N–C) groups is 1. The average molecular weight is 349 g/mol. The maximum absolute atomic E-state index is 11.3. The minimum absolute atomic E-state index is 0.132. The number of rotatable bonds is 5. The van der Waals surface area contributed by atoms with Gasteiger partial charge in [-0.3, -0.25) is 9.79 Å². The molecule has 1 aromatic carbocycles. The summed E-state index contributed by atoms with van der Waals surface area (Å²) in [5.74, 6) is 0.958. The topological polar surface area (TPSA) is 65.5 Å².